The molecule has 1 amide bonds. The molecule has 0 spiro atoms. The monoisotopic (exact) mass is 362 g/mol. The third-order valence-corrected chi connectivity index (χ3v) is 5.96. The number of aliphatic imine (C=N–C) groups is 1. The van der Waals surface area contributed by atoms with Gasteiger partial charge in [-0.3, -0.25) is 14.5 Å². The molecular weight excluding hydrogens is 352 g/mol. The van der Waals surface area contributed by atoms with Gasteiger partial charge in [-0.05, 0) is 29.1 Å². The van der Waals surface area contributed by atoms with Gasteiger partial charge in [-0.2, -0.15) is 0 Å². The summed E-state index contributed by atoms with van der Waals surface area (Å²) in [4.78, 5) is 32.3. The van der Waals surface area contributed by atoms with Crippen LogP contribution < -0.4 is 0 Å². The Morgan fingerprint density at radius 1 is 1.17 bits per heavy atom. The Morgan fingerprint density at radius 2 is 1.96 bits per heavy atom. The number of rotatable bonds is 2. The van der Waals surface area contributed by atoms with Gasteiger partial charge in [0, 0.05) is 9.90 Å². The quantitative estimate of drug-likeness (QED) is 0.818. The van der Waals surface area contributed by atoms with Crippen LogP contribution in [0.15, 0.2) is 46.8 Å². The average Bonchev–Trinajstić information content (AvgIpc) is 3.19. The van der Waals surface area contributed by atoms with Crippen LogP contribution in [-0.4, -0.2) is 27.5 Å². The highest BCUT2D eigenvalue weighted by Gasteiger charge is 2.46. The second kappa shape index (κ2) is 5.78. The van der Waals surface area contributed by atoms with E-state index in [-0.39, 0.29) is 11.7 Å². The number of carbonyl (C=O) groups is 2. The summed E-state index contributed by atoms with van der Waals surface area (Å²) in [5.74, 6) is 0.175. The molecule has 0 aliphatic carbocycles. The Kier molecular flexibility index (Phi) is 3.75. The van der Waals surface area contributed by atoms with Gasteiger partial charge >= 0.3 is 0 Å². The third-order valence-electron chi connectivity index (χ3n) is 3.83. The zero-order valence-corrected chi connectivity index (χ0v) is 14.2. The molecule has 3 heterocycles. The molecule has 2 aromatic rings. The van der Waals surface area contributed by atoms with E-state index in [1.54, 1.807) is 24.3 Å². The summed E-state index contributed by atoms with van der Waals surface area (Å²) in [7, 11) is 0. The van der Waals surface area contributed by atoms with Crippen LogP contribution in [0.2, 0.25) is 5.02 Å². The lowest BCUT2D eigenvalue weighted by atomic mass is 9.94. The predicted octanol–water partition coefficient (Wildman–Crippen LogP) is 3.70. The molecule has 1 fully saturated rings. The molecule has 2 aliphatic rings. The van der Waals surface area contributed by atoms with Crippen LogP contribution >= 0.6 is 34.7 Å². The van der Waals surface area contributed by atoms with Gasteiger partial charge in [0.1, 0.15) is 12.1 Å². The van der Waals surface area contributed by atoms with E-state index in [9.17, 15) is 9.59 Å². The van der Waals surface area contributed by atoms with Crippen molar-refractivity contribution < 1.29 is 9.59 Å². The zero-order valence-electron chi connectivity index (χ0n) is 11.8. The normalized spacial score (nSPS) is 23.9. The highest BCUT2D eigenvalue weighted by molar-refractivity contribution is 8.15. The van der Waals surface area contributed by atoms with Crippen molar-refractivity contribution in [3.63, 3.8) is 0 Å². The lowest BCUT2D eigenvalue weighted by molar-refractivity contribution is -0.134. The van der Waals surface area contributed by atoms with E-state index in [0.29, 0.717) is 15.9 Å². The van der Waals surface area contributed by atoms with Crippen molar-refractivity contribution in [1.29, 1.82) is 0 Å². The Morgan fingerprint density at radius 3 is 2.65 bits per heavy atom. The van der Waals surface area contributed by atoms with E-state index < -0.39 is 12.1 Å². The highest BCUT2D eigenvalue weighted by Crippen LogP contribution is 2.41. The van der Waals surface area contributed by atoms with Gasteiger partial charge in [-0.1, -0.05) is 41.6 Å². The van der Waals surface area contributed by atoms with Crippen LogP contribution in [0.1, 0.15) is 22.5 Å². The Hall–Kier alpha value is -1.63. The van der Waals surface area contributed by atoms with Crippen molar-refractivity contribution in [3.05, 3.63) is 57.2 Å². The maximum atomic E-state index is 13.1. The van der Waals surface area contributed by atoms with E-state index in [1.807, 2.05) is 17.5 Å². The first kappa shape index (κ1) is 14.9. The van der Waals surface area contributed by atoms with Crippen LogP contribution in [0.4, 0.5) is 0 Å². The number of hydrogen-bond donors (Lipinski definition) is 0. The summed E-state index contributed by atoms with van der Waals surface area (Å²) in [5, 5.41) is 3.16. The maximum absolute atomic E-state index is 13.1. The van der Waals surface area contributed by atoms with Crippen LogP contribution in [0.25, 0.3) is 0 Å². The van der Waals surface area contributed by atoms with Crippen LogP contribution in [0.3, 0.4) is 0 Å². The van der Waals surface area contributed by atoms with Crippen molar-refractivity contribution >= 4 is 51.6 Å². The van der Waals surface area contributed by atoms with Gasteiger partial charge in [-0.15, -0.1) is 11.3 Å². The highest BCUT2D eigenvalue weighted by atomic mass is 35.5. The first-order chi connectivity index (χ1) is 11.1. The molecule has 2 unspecified atom stereocenters. The molecule has 1 saturated heterocycles. The summed E-state index contributed by atoms with van der Waals surface area (Å²) in [6.07, 6.45) is 0. The number of amides is 1. The van der Waals surface area contributed by atoms with Gasteiger partial charge in [0.15, 0.2) is 11.0 Å². The lowest BCUT2D eigenvalue weighted by Crippen LogP contribution is -2.43. The number of halogens is 1. The number of fused-ring (bicyclic) bond motifs is 1. The molecule has 23 heavy (non-hydrogen) atoms. The predicted molar refractivity (Wildman–Crippen MR) is 93.0 cm³/mol. The minimum Gasteiger partial charge on any atom is -0.294 e. The molecule has 7 heteroatoms. The number of carbonyl (C=O) groups excluding carboxylic acids is 2. The minimum absolute atomic E-state index is 0.0747. The van der Waals surface area contributed by atoms with Gasteiger partial charge < -0.3 is 0 Å². The number of hydrogen-bond acceptors (Lipinski definition) is 5. The number of benzene rings is 1. The summed E-state index contributed by atoms with van der Waals surface area (Å²) >= 11 is 8.84. The first-order valence-corrected chi connectivity index (χ1v) is 9.25. The van der Waals surface area contributed by atoms with Crippen molar-refractivity contribution in [2.24, 2.45) is 4.99 Å². The Bertz CT molecular complexity index is 802. The summed E-state index contributed by atoms with van der Waals surface area (Å²) < 4.78 is 0. The molecule has 1 aromatic heterocycles. The molecule has 1 aromatic carbocycles. The van der Waals surface area contributed by atoms with E-state index >= 15 is 0 Å². The van der Waals surface area contributed by atoms with E-state index in [0.717, 1.165) is 10.4 Å². The fourth-order valence-corrected chi connectivity index (χ4v) is 4.60. The lowest BCUT2D eigenvalue weighted by Gasteiger charge is -2.33. The van der Waals surface area contributed by atoms with Gasteiger partial charge in [-0.25, -0.2) is 4.99 Å². The fraction of sp³-hybridized carbons (Fsp3) is 0.188. The van der Waals surface area contributed by atoms with Gasteiger partial charge in [0.25, 0.3) is 0 Å². The molecule has 0 N–H and O–H groups in total. The number of thioether (sulfide) groups is 1. The molecule has 4 nitrogen and oxygen atoms in total. The summed E-state index contributed by atoms with van der Waals surface area (Å²) in [6, 6.07) is 9.73. The molecule has 2 atom stereocenters. The topological polar surface area (TPSA) is 49.7 Å². The van der Waals surface area contributed by atoms with Crippen LogP contribution in [-0.2, 0) is 9.59 Å². The number of Topliss-reactive ketones (excluding diaryl/α,β-unsaturated/α-hetero) is 1. The van der Waals surface area contributed by atoms with Crippen molar-refractivity contribution in [1.82, 2.24) is 4.90 Å². The standard InChI is InChI=1S/C16H11ClN2O2S2/c17-10-5-3-9(4-6-10)14-15(21)13(11-2-1-7-22-11)18-16-19(14)12(20)8-23-16/h1-7,13-14H,8H2. The Balaban J connectivity index is 1.82. The number of nitrogens with zero attached hydrogens (tertiary/aromatic N) is 2. The van der Waals surface area contributed by atoms with Crippen LogP contribution in [0.5, 0.6) is 0 Å². The van der Waals surface area contributed by atoms with Crippen molar-refractivity contribution in [2.45, 2.75) is 12.1 Å². The van der Waals surface area contributed by atoms with E-state index in [2.05, 4.69) is 4.99 Å². The Labute approximate surface area is 146 Å². The molecule has 4 rings (SSSR count). The maximum Gasteiger partial charge on any atom is 0.239 e. The SMILES string of the molecule is O=C1C(c2cccs2)N=C2SCC(=O)N2C1c1ccc(Cl)cc1. The molecular formula is C16H11ClN2O2S2. The number of thiophene rings is 1. The summed E-state index contributed by atoms with van der Waals surface area (Å²) in [5.41, 5.74) is 0.768. The van der Waals surface area contributed by atoms with Gasteiger partial charge in [0.2, 0.25) is 5.91 Å². The largest absolute Gasteiger partial charge is 0.294 e. The van der Waals surface area contributed by atoms with Crippen molar-refractivity contribution in [3.8, 4) is 0 Å². The molecule has 0 radical (unpaired) electrons. The molecule has 2 aliphatic heterocycles. The fourth-order valence-electron chi connectivity index (χ4n) is 2.79. The second-order valence-corrected chi connectivity index (χ2v) is 7.60. The van der Waals surface area contributed by atoms with E-state index in [1.165, 1.54) is 28.0 Å². The molecule has 0 saturated carbocycles. The molecule has 116 valence electrons. The van der Waals surface area contributed by atoms with Crippen LogP contribution in [0, 0.1) is 0 Å². The van der Waals surface area contributed by atoms with Gasteiger partial charge in [0.05, 0.1) is 5.75 Å². The smallest absolute Gasteiger partial charge is 0.239 e. The second-order valence-electron chi connectivity index (χ2n) is 5.24. The number of ketones is 1. The van der Waals surface area contributed by atoms with E-state index in [4.69, 9.17) is 11.6 Å². The van der Waals surface area contributed by atoms with Crippen molar-refractivity contribution in [2.75, 3.05) is 5.75 Å². The minimum atomic E-state index is -0.630. The number of amidine groups is 1. The third kappa shape index (κ3) is 2.51. The average molecular weight is 363 g/mol. The first-order valence-electron chi connectivity index (χ1n) is 7.00. The molecule has 0 bridgehead atoms. The summed E-state index contributed by atoms with van der Waals surface area (Å²) in [6.45, 7) is 0. The zero-order chi connectivity index (χ0) is 16.0.